The Hall–Kier alpha value is -2.96. The standard InChI is InChI=1S/C18H18N4O3/c1-2-22(18(24)14-9-15(25-21-14)11-7-8-11)10-16-19-13-6-4-3-5-12(13)17(23)20-16/h3-6,9,11H,2,7-8,10H2,1H3,(H,19,20,23). The minimum Gasteiger partial charge on any atom is -0.360 e. The van der Waals surface area contributed by atoms with Gasteiger partial charge in [0.15, 0.2) is 5.69 Å². The van der Waals surface area contributed by atoms with Crippen LogP contribution in [0.25, 0.3) is 10.9 Å². The maximum absolute atomic E-state index is 12.7. The molecule has 1 aliphatic carbocycles. The Kier molecular flexibility index (Phi) is 3.83. The molecule has 2 aromatic heterocycles. The first-order valence-corrected chi connectivity index (χ1v) is 8.39. The van der Waals surface area contributed by atoms with Crippen molar-refractivity contribution in [2.45, 2.75) is 32.2 Å². The van der Waals surface area contributed by atoms with Gasteiger partial charge in [0, 0.05) is 18.5 Å². The van der Waals surface area contributed by atoms with Gasteiger partial charge in [-0.2, -0.15) is 0 Å². The van der Waals surface area contributed by atoms with Gasteiger partial charge < -0.3 is 14.4 Å². The van der Waals surface area contributed by atoms with Crippen molar-refractivity contribution < 1.29 is 9.32 Å². The summed E-state index contributed by atoms with van der Waals surface area (Å²) in [5.74, 6) is 1.40. The minimum absolute atomic E-state index is 0.207. The average Bonchev–Trinajstić information content (AvgIpc) is 3.36. The van der Waals surface area contributed by atoms with Gasteiger partial charge in [0.05, 0.1) is 17.4 Å². The molecule has 1 N–H and O–H groups in total. The summed E-state index contributed by atoms with van der Waals surface area (Å²) in [4.78, 5) is 33.6. The number of carbonyl (C=O) groups is 1. The molecule has 0 saturated heterocycles. The van der Waals surface area contributed by atoms with Crippen LogP contribution < -0.4 is 5.56 Å². The van der Waals surface area contributed by atoms with E-state index in [2.05, 4.69) is 15.1 Å². The van der Waals surface area contributed by atoms with E-state index in [0.29, 0.717) is 34.9 Å². The third kappa shape index (κ3) is 3.05. The molecule has 0 spiro atoms. The summed E-state index contributed by atoms with van der Waals surface area (Å²) in [5.41, 5.74) is 0.704. The molecule has 0 bridgehead atoms. The van der Waals surface area contributed by atoms with E-state index in [9.17, 15) is 9.59 Å². The van der Waals surface area contributed by atoms with E-state index in [-0.39, 0.29) is 18.0 Å². The number of para-hydroxylation sites is 1. The van der Waals surface area contributed by atoms with Crippen LogP contribution in [0, 0.1) is 0 Å². The van der Waals surface area contributed by atoms with Crippen molar-refractivity contribution in [1.82, 2.24) is 20.0 Å². The lowest BCUT2D eigenvalue weighted by atomic mass is 10.2. The van der Waals surface area contributed by atoms with Gasteiger partial charge in [0.25, 0.3) is 11.5 Å². The number of H-pyrrole nitrogens is 1. The molecular formula is C18H18N4O3. The number of aromatic nitrogens is 3. The van der Waals surface area contributed by atoms with Crippen LogP contribution >= 0.6 is 0 Å². The van der Waals surface area contributed by atoms with Gasteiger partial charge in [-0.05, 0) is 31.9 Å². The third-order valence-corrected chi connectivity index (χ3v) is 4.40. The van der Waals surface area contributed by atoms with Crippen molar-refractivity contribution in [3.63, 3.8) is 0 Å². The molecule has 3 aromatic rings. The third-order valence-electron chi connectivity index (χ3n) is 4.40. The van der Waals surface area contributed by atoms with Crippen LogP contribution in [-0.4, -0.2) is 32.5 Å². The van der Waals surface area contributed by atoms with Gasteiger partial charge in [-0.3, -0.25) is 9.59 Å². The van der Waals surface area contributed by atoms with E-state index in [4.69, 9.17) is 4.52 Å². The van der Waals surface area contributed by atoms with Crippen LogP contribution in [0.5, 0.6) is 0 Å². The molecule has 25 heavy (non-hydrogen) atoms. The molecule has 0 atom stereocenters. The number of amides is 1. The molecule has 7 heteroatoms. The van der Waals surface area contributed by atoms with E-state index >= 15 is 0 Å². The molecule has 0 unspecified atom stereocenters. The van der Waals surface area contributed by atoms with E-state index in [1.165, 1.54) is 0 Å². The molecular weight excluding hydrogens is 320 g/mol. The summed E-state index contributed by atoms with van der Waals surface area (Å²) >= 11 is 0. The molecule has 2 heterocycles. The summed E-state index contributed by atoms with van der Waals surface area (Å²) < 4.78 is 5.26. The zero-order valence-electron chi connectivity index (χ0n) is 13.9. The lowest BCUT2D eigenvalue weighted by molar-refractivity contribution is 0.0738. The normalized spacial score (nSPS) is 14.0. The zero-order valence-corrected chi connectivity index (χ0v) is 13.9. The number of aromatic amines is 1. The predicted molar refractivity (Wildman–Crippen MR) is 91.3 cm³/mol. The highest BCUT2D eigenvalue weighted by Crippen LogP contribution is 2.40. The number of benzene rings is 1. The van der Waals surface area contributed by atoms with Crippen molar-refractivity contribution in [2.24, 2.45) is 0 Å². The van der Waals surface area contributed by atoms with Crippen molar-refractivity contribution >= 4 is 16.8 Å². The number of carbonyl (C=O) groups excluding carboxylic acids is 1. The molecule has 0 aliphatic heterocycles. The molecule has 1 amide bonds. The summed E-state index contributed by atoms with van der Waals surface area (Å²) in [6.45, 7) is 2.56. The first kappa shape index (κ1) is 15.6. The summed E-state index contributed by atoms with van der Waals surface area (Å²) in [7, 11) is 0. The fraction of sp³-hybridized carbons (Fsp3) is 0.333. The van der Waals surface area contributed by atoms with Crippen LogP contribution in [-0.2, 0) is 6.54 Å². The van der Waals surface area contributed by atoms with E-state index in [1.54, 1.807) is 29.2 Å². The molecule has 1 aromatic carbocycles. The number of nitrogens with zero attached hydrogens (tertiary/aromatic N) is 3. The number of hydrogen-bond acceptors (Lipinski definition) is 5. The monoisotopic (exact) mass is 338 g/mol. The zero-order chi connectivity index (χ0) is 17.4. The maximum atomic E-state index is 12.7. The lowest BCUT2D eigenvalue weighted by Gasteiger charge is -2.18. The number of hydrogen-bond donors (Lipinski definition) is 1. The second kappa shape index (κ2) is 6.16. The quantitative estimate of drug-likeness (QED) is 0.771. The molecule has 1 fully saturated rings. The Labute approximate surface area is 143 Å². The van der Waals surface area contributed by atoms with Gasteiger partial charge in [-0.1, -0.05) is 17.3 Å². The van der Waals surface area contributed by atoms with Gasteiger partial charge >= 0.3 is 0 Å². The highest BCUT2D eigenvalue weighted by molar-refractivity contribution is 5.92. The summed E-state index contributed by atoms with van der Waals surface area (Å²) in [6, 6.07) is 8.85. The van der Waals surface area contributed by atoms with Crippen molar-refractivity contribution in [3.05, 3.63) is 58.0 Å². The van der Waals surface area contributed by atoms with Crippen LogP contribution in [0.4, 0.5) is 0 Å². The fourth-order valence-corrected chi connectivity index (χ4v) is 2.83. The molecule has 128 valence electrons. The van der Waals surface area contributed by atoms with Crippen molar-refractivity contribution in [3.8, 4) is 0 Å². The fourth-order valence-electron chi connectivity index (χ4n) is 2.83. The Bertz CT molecular complexity index is 987. The Morgan fingerprint density at radius 3 is 2.92 bits per heavy atom. The van der Waals surface area contributed by atoms with Gasteiger partial charge in [-0.25, -0.2) is 4.98 Å². The Morgan fingerprint density at radius 1 is 1.36 bits per heavy atom. The van der Waals surface area contributed by atoms with Gasteiger partial charge in [-0.15, -0.1) is 0 Å². The highest BCUT2D eigenvalue weighted by atomic mass is 16.5. The van der Waals surface area contributed by atoms with Crippen LogP contribution in [0.15, 0.2) is 39.6 Å². The largest absolute Gasteiger partial charge is 0.360 e. The molecule has 7 nitrogen and oxygen atoms in total. The number of rotatable bonds is 5. The van der Waals surface area contributed by atoms with Gasteiger partial charge in [0.1, 0.15) is 11.6 Å². The van der Waals surface area contributed by atoms with Crippen LogP contribution in [0.3, 0.4) is 0 Å². The molecule has 1 saturated carbocycles. The Balaban J connectivity index is 1.58. The van der Waals surface area contributed by atoms with Crippen LogP contribution in [0.1, 0.15) is 47.8 Å². The van der Waals surface area contributed by atoms with E-state index in [0.717, 1.165) is 18.6 Å². The van der Waals surface area contributed by atoms with Gasteiger partial charge in [0.2, 0.25) is 0 Å². The second-order valence-corrected chi connectivity index (χ2v) is 6.24. The second-order valence-electron chi connectivity index (χ2n) is 6.24. The maximum Gasteiger partial charge on any atom is 0.276 e. The van der Waals surface area contributed by atoms with Crippen molar-refractivity contribution in [1.29, 1.82) is 0 Å². The van der Waals surface area contributed by atoms with E-state index < -0.39 is 0 Å². The minimum atomic E-state index is -0.228. The first-order chi connectivity index (χ1) is 12.2. The summed E-state index contributed by atoms with van der Waals surface area (Å²) in [6.07, 6.45) is 2.17. The van der Waals surface area contributed by atoms with Crippen LogP contribution in [0.2, 0.25) is 0 Å². The first-order valence-electron chi connectivity index (χ1n) is 8.39. The highest BCUT2D eigenvalue weighted by Gasteiger charge is 2.29. The molecule has 1 aliphatic rings. The smallest absolute Gasteiger partial charge is 0.276 e. The summed E-state index contributed by atoms with van der Waals surface area (Å²) in [5, 5.41) is 4.43. The molecule has 0 radical (unpaired) electrons. The van der Waals surface area contributed by atoms with E-state index in [1.807, 2.05) is 13.0 Å². The Morgan fingerprint density at radius 2 is 2.16 bits per heavy atom. The lowest BCUT2D eigenvalue weighted by Crippen LogP contribution is -2.32. The SMILES string of the molecule is CCN(Cc1nc2ccccc2c(=O)[nH]1)C(=O)c1cc(C2CC2)on1. The topological polar surface area (TPSA) is 92.1 Å². The number of fused-ring (bicyclic) bond motifs is 1. The molecule has 4 rings (SSSR count). The van der Waals surface area contributed by atoms with Crippen molar-refractivity contribution in [2.75, 3.05) is 6.54 Å². The average molecular weight is 338 g/mol. The predicted octanol–water partition coefficient (Wildman–Crippen LogP) is 2.45. The number of nitrogens with one attached hydrogen (secondary N) is 1.